The molecule has 2 amide bonds. The zero-order chi connectivity index (χ0) is 22.5. The summed E-state index contributed by atoms with van der Waals surface area (Å²) >= 11 is 5.17. The highest BCUT2D eigenvalue weighted by molar-refractivity contribution is 9.10. The van der Waals surface area contributed by atoms with Gasteiger partial charge in [-0.15, -0.1) is 11.8 Å². The number of carbonyl (C=O) groups excluding carboxylic acids is 2. The number of rotatable bonds is 6. The zero-order valence-corrected chi connectivity index (χ0v) is 20.3. The van der Waals surface area contributed by atoms with Crippen molar-refractivity contribution in [3.63, 3.8) is 0 Å². The number of fused-ring (bicyclic) bond motifs is 1. The smallest absolute Gasteiger partial charge is 0.261 e. The summed E-state index contributed by atoms with van der Waals surface area (Å²) < 4.78 is 6.14. The number of hydrogen-bond donors (Lipinski definition) is 1. The monoisotopic (exact) mass is 515 g/mol. The molecule has 1 aromatic heterocycles. The zero-order valence-electron chi connectivity index (χ0n) is 17.9. The molecule has 1 aliphatic heterocycles. The molecular weight excluding hydrogens is 490 g/mol. The largest absolute Gasteiger partial charge is 0.496 e. The molecule has 2 aliphatic rings. The standard InChI is InChI=1S/C24H26BrN3O3S/c1-31-20-9-8-16(11-18(20)25)12-22-24(30)28(19-6-2-3-7-21(19)32-22)15-23(29)27-14-17-5-4-10-26-13-17/h4-5,8-13,19,21H,2-3,6-7,14-15H2,1H3,(H,27,29)/b22-12-. The van der Waals surface area contributed by atoms with E-state index in [1.54, 1.807) is 36.2 Å². The summed E-state index contributed by atoms with van der Waals surface area (Å²) in [4.78, 5) is 32.7. The Labute approximate surface area is 200 Å². The summed E-state index contributed by atoms with van der Waals surface area (Å²) in [5.74, 6) is 0.528. The third-order valence-corrected chi connectivity index (χ3v) is 7.84. The maximum absolute atomic E-state index is 13.4. The lowest BCUT2D eigenvalue weighted by Gasteiger charge is -2.43. The van der Waals surface area contributed by atoms with E-state index in [0.717, 1.165) is 47.0 Å². The lowest BCUT2D eigenvalue weighted by atomic mass is 9.93. The molecule has 1 saturated carbocycles. The molecule has 1 aromatic carbocycles. The number of nitrogens with one attached hydrogen (secondary N) is 1. The number of aromatic nitrogens is 1. The van der Waals surface area contributed by atoms with Gasteiger partial charge >= 0.3 is 0 Å². The van der Waals surface area contributed by atoms with Gasteiger partial charge in [0.2, 0.25) is 5.91 Å². The van der Waals surface area contributed by atoms with E-state index in [1.807, 2.05) is 36.4 Å². The van der Waals surface area contributed by atoms with Crippen molar-refractivity contribution in [3.05, 3.63) is 63.2 Å². The van der Waals surface area contributed by atoms with Gasteiger partial charge in [0.15, 0.2) is 0 Å². The highest BCUT2D eigenvalue weighted by Crippen LogP contribution is 2.42. The fourth-order valence-electron chi connectivity index (χ4n) is 4.20. The van der Waals surface area contributed by atoms with Gasteiger partial charge in [-0.2, -0.15) is 0 Å². The Morgan fingerprint density at radius 3 is 2.94 bits per heavy atom. The Morgan fingerprint density at radius 1 is 1.34 bits per heavy atom. The van der Waals surface area contributed by atoms with Gasteiger partial charge < -0.3 is 15.0 Å². The van der Waals surface area contributed by atoms with Gasteiger partial charge in [0.25, 0.3) is 5.91 Å². The molecule has 0 spiro atoms. The summed E-state index contributed by atoms with van der Waals surface area (Å²) in [6.07, 6.45) is 9.60. The minimum Gasteiger partial charge on any atom is -0.496 e. The summed E-state index contributed by atoms with van der Waals surface area (Å²) in [5, 5.41) is 3.25. The van der Waals surface area contributed by atoms with Crippen LogP contribution in [0.15, 0.2) is 52.1 Å². The molecule has 2 fully saturated rings. The first-order valence-corrected chi connectivity index (χ1v) is 12.4. The molecule has 1 saturated heterocycles. The summed E-state index contributed by atoms with van der Waals surface area (Å²) in [6.45, 7) is 0.477. The van der Waals surface area contributed by atoms with E-state index >= 15 is 0 Å². The number of nitrogens with zero attached hydrogens (tertiary/aromatic N) is 2. The van der Waals surface area contributed by atoms with Crippen molar-refractivity contribution < 1.29 is 14.3 Å². The minimum atomic E-state index is -0.148. The van der Waals surface area contributed by atoms with Gasteiger partial charge in [-0.3, -0.25) is 14.6 Å². The first-order valence-electron chi connectivity index (χ1n) is 10.7. The first kappa shape index (κ1) is 22.9. The van der Waals surface area contributed by atoms with E-state index in [4.69, 9.17) is 4.74 Å². The highest BCUT2D eigenvalue weighted by atomic mass is 79.9. The van der Waals surface area contributed by atoms with Gasteiger partial charge in [-0.1, -0.05) is 25.0 Å². The van der Waals surface area contributed by atoms with Crippen LogP contribution in [0.4, 0.5) is 0 Å². The molecule has 1 N–H and O–H groups in total. The number of ether oxygens (including phenoxy) is 1. The van der Waals surface area contributed by atoms with Crippen LogP contribution in [0.2, 0.25) is 0 Å². The van der Waals surface area contributed by atoms with Gasteiger partial charge in [-0.05, 0) is 64.2 Å². The molecule has 168 valence electrons. The number of amides is 2. The number of methoxy groups -OCH3 is 1. The fourth-order valence-corrected chi connectivity index (χ4v) is 6.23. The van der Waals surface area contributed by atoms with E-state index < -0.39 is 0 Å². The van der Waals surface area contributed by atoms with Crippen molar-refractivity contribution in [2.75, 3.05) is 13.7 Å². The fraction of sp³-hybridized carbons (Fsp3) is 0.375. The van der Waals surface area contributed by atoms with E-state index in [2.05, 4.69) is 26.2 Å². The quantitative estimate of drug-likeness (QED) is 0.577. The van der Waals surface area contributed by atoms with Gasteiger partial charge in [0.1, 0.15) is 12.3 Å². The lowest BCUT2D eigenvalue weighted by Crippen LogP contribution is -2.54. The molecule has 2 heterocycles. The van der Waals surface area contributed by atoms with Crippen molar-refractivity contribution in [2.24, 2.45) is 0 Å². The molecule has 0 bridgehead atoms. The van der Waals surface area contributed by atoms with Crippen LogP contribution in [0.3, 0.4) is 0 Å². The second-order valence-electron chi connectivity index (χ2n) is 7.98. The Kier molecular flexibility index (Phi) is 7.52. The number of hydrogen-bond acceptors (Lipinski definition) is 5. The van der Waals surface area contributed by atoms with Crippen LogP contribution in [0.25, 0.3) is 6.08 Å². The van der Waals surface area contributed by atoms with Crippen LogP contribution in [0.1, 0.15) is 36.8 Å². The Balaban J connectivity index is 1.51. The van der Waals surface area contributed by atoms with Crippen LogP contribution in [0, 0.1) is 0 Å². The van der Waals surface area contributed by atoms with Crippen molar-refractivity contribution in [1.82, 2.24) is 15.2 Å². The van der Waals surface area contributed by atoms with Crippen molar-refractivity contribution in [2.45, 2.75) is 43.5 Å². The molecule has 32 heavy (non-hydrogen) atoms. The number of halogens is 1. The van der Waals surface area contributed by atoms with Crippen LogP contribution < -0.4 is 10.1 Å². The maximum Gasteiger partial charge on any atom is 0.261 e. The third-order valence-electron chi connectivity index (χ3n) is 5.82. The molecular formula is C24H26BrN3O3S. The Morgan fingerprint density at radius 2 is 2.19 bits per heavy atom. The average molecular weight is 516 g/mol. The summed E-state index contributed by atoms with van der Waals surface area (Å²) in [5.41, 5.74) is 1.85. The van der Waals surface area contributed by atoms with Crippen LogP contribution in [-0.2, 0) is 16.1 Å². The maximum atomic E-state index is 13.4. The molecule has 2 aromatic rings. The van der Waals surface area contributed by atoms with Crippen molar-refractivity contribution >= 4 is 45.6 Å². The van der Waals surface area contributed by atoms with E-state index in [1.165, 1.54) is 0 Å². The Hall–Kier alpha value is -2.32. The van der Waals surface area contributed by atoms with E-state index in [-0.39, 0.29) is 24.4 Å². The minimum absolute atomic E-state index is 0.0679. The molecule has 2 atom stereocenters. The molecule has 6 nitrogen and oxygen atoms in total. The van der Waals surface area contributed by atoms with Gasteiger partial charge in [-0.25, -0.2) is 0 Å². The topological polar surface area (TPSA) is 71.5 Å². The number of carbonyl (C=O) groups is 2. The van der Waals surface area contributed by atoms with E-state index in [0.29, 0.717) is 16.7 Å². The predicted octanol–water partition coefficient (Wildman–Crippen LogP) is 4.40. The first-order chi connectivity index (χ1) is 15.5. The molecule has 2 unspecified atom stereocenters. The van der Waals surface area contributed by atoms with Crippen LogP contribution in [0.5, 0.6) is 5.75 Å². The Bertz CT molecular complexity index is 1010. The number of pyridine rings is 1. The van der Waals surface area contributed by atoms with Gasteiger partial charge in [0, 0.05) is 30.2 Å². The molecule has 0 radical (unpaired) electrons. The second kappa shape index (κ2) is 10.5. The van der Waals surface area contributed by atoms with Crippen LogP contribution >= 0.6 is 27.7 Å². The second-order valence-corrected chi connectivity index (χ2v) is 10.1. The number of benzene rings is 1. The SMILES string of the molecule is COc1ccc(/C=C2\SC3CCCCC3N(CC(=O)NCc3cccnc3)C2=O)cc1Br. The third kappa shape index (κ3) is 5.35. The summed E-state index contributed by atoms with van der Waals surface area (Å²) in [6, 6.07) is 9.61. The highest BCUT2D eigenvalue weighted by Gasteiger charge is 2.41. The van der Waals surface area contributed by atoms with E-state index in [9.17, 15) is 9.59 Å². The normalized spacial score (nSPS) is 21.9. The summed E-state index contributed by atoms with van der Waals surface area (Å²) in [7, 11) is 1.62. The molecule has 4 rings (SSSR count). The van der Waals surface area contributed by atoms with Crippen molar-refractivity contribution in [1.29, 1.82) is 0 Å². The average Bonchev–Trinajstić information content (AvgIpc) is 2.81. The number of thioether (sulfide) groups is 1. The van der Waals surface area contributed by atoms with Crippen LogP contribution in [-0.4, -0.2) is 46.6 Å². The molecule has 8 heteroatoms. The van der Waals surface area contributed by atoms with Gasteiger partial charge in [0.05, 0.1) is 16.5 Å². The lowest BCUT2D eigenvalue weighted by molar-refractivity contribution is -0.135. The van der Waals surface area contributed by atoms with Crippen molar-refractivity contribution in [3.8, 4) is 5.75 Å². The molecule has 1 aliphatic carbocycles. The predicted molar refractivity (Wildman–Crippen MR) is 130 cm³/mol.